The number of ketones is 1. The normalized spacial score (nSPS) is 15.3. The average Bonchev–Trinajstić information content (AvgIpc) is 3.48. The van der Waals surface area contributed by atoms with Gasteiger partial charge >= 0.3 is 6.09 Å². The van der Waals surface area contributed by atoms with E-state index in [2.05, 4.69) is 15.7 Å². The summed E-state index contributed by atoms with van der Waals surface area (Å²) in [6, 6.07) is 10.2. The third kappa shape index (κ3) is 5.69. The van der Waals surface area contributed by atoms with Crippen molar-refractivity contribution in [3.05, 3.63) is 65.2 Å². The third-order valence-corrected chi connectivity index (χ3v) is 6.22. The molecule has 0 unspecified atom stereocenters. The summed E-state index contributed by atoms with van der Waals surface area (Å²) in [5.41, 5.74) is 5.41. The molecule has 1 aromatic carbocycles. The van der Waals surface area contributed by atoms with Gasteiger partial charge in [-0.25, -0.2) is 19.4 Å². The molecule has 1 aliphatic rings. The molecule has 1 saturated heterocycles. The van der Waals surface area contributed by atoms with Gasteiger partial charge in [0.2, 0.25) is 0 Å². The lowest BCUT2D eigenvalue weighted by Gasteiger charge is -2.28. The van der Waals surface area contributed by atoms with Crippen LogP contribution in [0.15, 0.2) is 42.6 Å². The number of pyridine rings is 1. The molecular weight excluding hydrogens is 484 g/mol. The van der Waals surface area contributed by atoms with E-state index in [-0.39, 0.29) is 17.7 Å². The lowest BCUT2D eigenvalue weighted by molar-refractivity contribution is 0.0216. The molecule has 10 nitrogen and oxygen atoms in total. The quantitative estimate of drug-likeness (QED) is 0.443. The minimum Gasteiger partial charge on any atom is -0.444 e. The number of likely N-dealkylation sites (tertiary alicyclic amines) is 1. The number of carbonyl (C=O) groups is 3. The summed E-state index contributed by atoms with van der Waals surface area (Å²) in [6.07, 6.45) is 2.72. The standard InChI is InChI=1S/C28H34N6O4/c1-17-13-14-30-22(16-17)31-26(36)20-11-9-19(10-12-20)23-24(18(2)35)34(29-6)25(32-23)21-8-7-15-33(21)27(37)38-28(3,4)5/h9-14,16,21,29H,7-8,15H2,1-6H3,(H,30,31,36)/t21-/m0/s1. The molecule has 0 spiro atoms. The van der Waals surface area contributed by atoms with Crippen LogP contribution < -0.4 is 10.7 Å². The molecular formula is C28H34N6O4. The Morgan fingerprint density at radius 3 is 2.42 bits per heavy atom. The van der Waals surface area contributed by atoms with Gasteiger partial charge in [0.1, 0.15) is 22.8 Å². The van der Waals surface area contributed by atoms with Crippen LogP contribution in [0.5, 0.6) is 0 Å². The highest BCUT2D eigenvalue weighted by molar-refractivity contribution is 6.04. The summed E-state index contributed by atoms with van der Waals surface area (Å²) in [4.78, 5) is 49.1. The molecule has 2 aromatic heterocycles. The second-order valence-corrected chi connectivity index (χ2v) is 10.4. The number of benzene rings is 1. The molecule has 2 N–H and O–H groups in total. The van der Waals surface area contributed by atoms with Crippen LogP contribution in [0.3, 0.4) is 0 Å². The van der Waals surface area contributed by atoms with E-state index in [1.165, 1.54) is 6.92 Å². The van der Waals surface area contributed by atoms with Crippen LogP contribution in [0, 0.1) is 6.92 Å². The van der Waals surface area contributed by atoms with Crippen molar-refractivity contribution in [2.75, 3.05) is 24.3 Å². The van der Waals surface area contributed by atoms with Crippen LogP contribution in [0.25, 0.3) is 11.3 Å². The van der Waals surface area contributed by atoms with Gasteiger partial charge < -0.3 is 15.5 Å². The maximum Gasteiger partial charge on any atom is 0.410 e. The third-order valence-electron chi connectivity index (χ3n) is 6.22. The Bertz CT molecular complexity index is 1360. The molecule has 1 atom stereocenters. The molecule has 1 aliphatic heterocycles. The van der Waals surface area contributed by atoms with Crippen molar-refractivity contribution in [1.82, 2.24) is 19.5 Å². The minimum absolute atomic E-state index is 0.178. The fraction of sp³-hybridized carbons (Fsp3) is 0.393. The van der Waals surface area contributed by atoms with Crippen molar-refractivity contribution in [3.63, 3.8) is 0 Å². The monoisotopic (exact) mass is 518 g/mol. The number of aromatic nitrogens is 3. The lowest BCUT2D eigenvalue weighted by Crippen LogP contribution is -2.37. The van der Waals surface area contributed by atoms with Gasteiger partial charge in [-0.2, -0.15) is 0 Å². The first-order valence-electron chi connectivity index (χ1n) is 12.6. The molecule has 10 heteroatoms. The number of hydrogen-bond donors (Lipinski definition) is 2. The van der Waals surface area contributed by atoms with Crippen LogP contribution >= 0.6 is 0 Å². The van der Waals surface area contributed by atoms with Gasteiger partial charge in [-0.05, 0) is 70.4 Å². The lowest BCUT2D eigenvalue weighted by atomic mass is 10.1. The van der Waals surface area contributed by atoms with Gasteiger partial charge in [0.25, 0.3) is 5.91 Å². The van der Waals surface area contributed by atoms with Gasteiger partial charge in [0, 0.05) is 37.8 Å². The smallest absolute Gasteiger partial charge is 0.410 e. The average molecular weight is 519 g/mol. The van der Waals surface area contributed by atoms with Crippen molar-refractivity contribution in [3.8, 4) is 11.3 Å². The van der Waals surface area contributed by atoms with E-state index in [0.29, 0.717) is 47.1 Å². The Kier molecular flexibility index (Phi) is 7.52. The number of nitrogens with zero attached hydrogens (tertiary/aromatic N) is 4. The first-order valence-corrected chi connectivity index (χ1v) is 12.6. The summed E-state index contributed by atoms with van der Waals surface area (Å²) >= 11 is 0. The topological polar surface area (TPSA) is 118 Å². The SMILES string of the molecule is CNn1c([C@@H]2CCCN2C(=O)OC(C)(C)C)nc(-c2ccc(C(=O)Nc3cc(C)ccn3)cc2)c1C(C)=O. The molecule has 200 valence electrons. The second kappa shape index (κ2) is 10.6. The zero-order chi connectivity index (χ0) is 27.6. The summed E-state index contributed by atoms with van der Waals surface area (Å²) in [5.74, 6) is 0.564. The van der Waals surface area contributed by atoms with Gasteiger partial charge in [-0.1, -0.05) is 12.1 Å². The molecule has 0 bridgehead atoms. The minimum atomic E-state index is -0.623. The Hall–Kier alpha value is -4.21. The van der Waals surface area contributed by atoms with Gasteiger partial charge in [-0.15, -0.1) is 0 Å². The highest BCUT2D eigenvalue weighted by atomic mass is 16.6. The van der Waals surface area contributed by atoms with Gasteiger partial charge in [-0.3, -0.25) is 14.5 Å². The van der Waals surface area contributed by atoms with E-state index >= 15 is 0 Å². The van der Waals surface area contributed by atoms with Crippen LogP contribution in [0.1, 0.15) is 78.8 Å². The largest absolute Gasteiger partial charge is 0.444 e. The molecule has 1 fully saturated rings. The van der Waals surface area contributed by atoms with Gasteiger partial charge in [0.15, 0.2) is 11.6 Å². The highest BCUT2D eigenvalue weighted by Crippen LogP contribution is 2.36. The van der Waals surface area contributed by atoms with Crippen LogP contribution in [-0.2, 0) is 4.74 Å². The van der Waals surface area contributed by atoms with E-state index < -0.39 is 11.7 Å². The maximum absolute atomic E-state index is 12.9. The van der Waals surface area contributed by atoms with E-state index in [4.69, 9.17) is 9.72 Å². The van der Waals surface area contributed by atoms with Crippen molar-refractivity contribution in [2.24, 2.45) is 0 Å². The maximum atomic E-state index is 12.9. The Labute approximate surface area is 222 Å². The molecule has 3 heterocycles. The number of anilines is 1. The highest BCUT2D eigenvalue weighted by Gasteiger charge is 2.37. The molecule has 0 radical (unpaired) electrons. The van der Waals surface area contributed by atoms with Crippen molar-refractivity contribution in [2.45, 2.75) is 59.1 Å². The molecule has 3 aromatic rings. The molecule has 2 amide bonds. The van der Waals surface area contributed by atoms with Crippen LogP contribution in [0.4, 0.5) is 10.6 Å². The zero-order valence-corrected chi connectivity index (χ0v) is 22.7. The number of imidazole rings is 1. The first-order chi connectivity index (χ1) is 18.0. The summed E-state index contributed by atoms with van der Waals surface area (Å²) in [6.45, 7) is 9.44. The van der Waals surface area contributed by atoms with E-state index in [1.54, 1.807) is 53.2 Å². The predicted octanol–water partition coefficient (Wildman–Crippen LogP) is 4.95. The van der Waals surface area contributed by atoms with E-state index in [1.807, 2.05) is 33.8 Å². The van der Waals surface area contributed by atoms with Gasteiger partial charge in [0.05, 0.1) is 6.04 Å². The summed E-state index contributed by atoms with van der Waals surface area (Å²) in [5, 5.41) is 2.80. The van der Waals surface area contributed by atoms with Crippen molar-refractivity contribution < 1.29 is 19.1 Å². The number of aryl methyl sites for hydroxylation is 1. The van der Waals surface area contributed by atoms with Crippen LogP contribution in [-0.4, -0.2) is 56.5 Å². The number of carbonyl (C=O) groups excluding carboxylic acids is 3. The first kappa shape index (κ1) is 26.8. The molecule has 0 aliphatic carbocycles. The molecule has 0 saturated carbocycles. The number of hydrogen-bond acceptors (Lipinski definition) is 7. The Balaban J connectivity index is 1.65. The number of Topliss-reactive ketones (excluding diaryl/α,β-unsaturated/α-hetero) is 1. The number of rotatable bonds is 6. The Morgan fingerprint density at radius 1 is 1.11 bits per heavy atom. The molecule has 4 rings (SSSR count). The number of amides is 2. The zero-order valence-electron chi connectivity index (χ0n) is 22.7. The fourth-order valence-corrected chi connectivity index (χ4v) is 4.56. The second-order valence-electron chi connectivity index (χ2n) is 10.4. The Morgan fingerprint density at radius 2 is 1.82 bits per heavy atom. The predicted molar refractivity (Wildman–Crippen MR) is 145 cm³/mol. The van der Waals surface area contributed by atoms with E-state index in [0.717, 1.165) is 12.0 Å². The fourth-order valence-electron chi connectivity index (χ4n) is 4.56. The van der Waals surface area contributed by atoms with E-state index in [9.17, 15) is 14.4 Å². The summed E-state index contributed by atoms with van der Waals surface area (Å²) < 4.78 is 7.27. The van der Waals surface area contributed by atoms with Crippen LogP contribution in [0.2, 0.25) is 0 Å². The number of nitrogens with one attached hydrogen (secondary N) is 2. The number of ether oxygens (including phenoxy) is 1. The van der Waals surface area contributed by atoms with Crippen molar-refractivity contribution >= 4 is 23.6 Å². The molecule has 38 heavy (non-hydrogen) atoms. The van der Waals surface area contributed by atoms with Crippen molar-refractivity contribution in [1.29, 1.82) is 0 Å². The summed E-state index contributed by atoms with van der Waals surface area (Å²) in [7, 11) is 1.71.